The predicted molar refractivity (Wildman–Crippen MR) is 152 cm³/mol. The number of nitro benzene ring substituents is 1. The number of aromatic nitrogens is 2. The van der Waals surface area contributed by atoms with E-state index in [0.29, 0.717) is 11.2 Å². The predicted octanol–water partition coefficient (Wildman–Crippen LogP) is 6.50. The SMILES string of the molecule is CC(C)(C)OC(=O)n1nc(C(F)(F)F)c2ccc(OCCN(Cc3ccccc3)C[C@H](O)c3ccc(F)c([N+](=O)[O-])c3)cc21. The Morgan fingerprint density at radius 2 is 1.80 bits per heavy atom. The number of nitro groups is 1. The molecule has 0 amide bonds. The maximum absolute atomic E-state index is 13.8. The van der Waals surface area contributed by atoms with E-state index in [1.54, 1.807) is 25.7 Å². The average molecular weight is 619 g/mol. The number of fused-ring (bicyclic) bond motifs is 1. The fraction of sp³-hybridized carbons (Fsp3) is 0.333. The fourth-order valence-electron chi connectivity index (χ4n) is 4.43. The van der Waals surface area contributed by atoms with Crippen LogP contribution in [0.2, 0.25) is 0 Å². The number of hydrogen-bond acceptors (Lipinski definition) is 8. The normalized spacial score (nSPS) is 12.8. The molecule has 10 nitrogen and oxygen atoms in total. The summed E-state index contributed by atoms with van der Waals surface area (Å²) in [6.45, 7) is 5.31. The average Bonchev–Trinajstić information content (AvgIpc) is 3.32. The molecule has 3 aromatic carbocycles. The minimum Gasteiger partial charge on any atom is -0.492 e. The van der Waals surface area contributed by atoms with Crippen molar-refractivity contribution < 1.29 is 41.9 Å². The molecule has 0 saturated carbocycles. The van der Waals surface area contributed by atoms with Gasteiger partial charge in [-0.05, 0) is 50.1 Å². The molecule has 1 aromatic heterocycles. The molecule has 4 aromatic rings. The Morgan fingerprint density at radius 1 is 1.09 bits per heavy atom. The van der Waals surface area contributed by atoms with Crippen LogP contribution in [0.1, 0.15) is 43.7 Å². The molecule has 1 N–H and O–H groups in total. The molecule has 4 rings (SSSR count). The molecule has 0 saturated heterocycles. The highest BCUT2D eigenvalue weighted by Gasteiger charge is 2.38. The van der Waals surface area contributed by atoms with Crippen molar-refractivity contribution in [1.82, 2.24) is 14.7 Å². The van der Waals surface area contributed by atoms with Crippen LogP contribution >= 0.6 is 0 Å². The molecule has 1 heterocycles. The Labute approximate surface area is 249 Å². The highest BCUT2D eigenvalue weighted by Crippen LogP contribution is 2.35. The van der Waals surface area contributed by atoms with Crippen molar-refractivity contribution in [3.05, 3.63) is 99.5 Å². The number of aliphatic hydroxyl groups is 1. The van der Waals surface area contributed by atoms with Crippen LogP contribution in [0, 0.1) is 15.9 Å². The first-order valence-electron chi connectivity index (χ1n) is 13.5. The molecule has 0 aliphatic rings. The highest BCUT2D eigenvalue weighted by atomic mass is 19.4. The van der Waals surface area contributed by atoms with Crippen LogP contribution in [-0.4, -0.2) is 56.1 Å². The van der Waals surface area contributed by atoms with Crippen molar-refractivity contribution in [1.29, 1.82) is 0 Å². The molecule has 0 aliphatic heterocycles. The number of hydrogen-bond donors (Lipinski definition) is 1. The van der Waals surface area contributed by atoms with E-state index >= 15 is 0 Å². The van der Waals surface area contributed by atoms with E-state index in [-0.39, 0.29) is 41.9 Å². The maximum atomic E-state index is 13.8. The summed E-state index contributed by atoms with van der Waals surface area (Å²) in [7, 11) is 0. The summed E-state index contributed by atoms with van der Waals surface area (Å²) in [5, 5.41) is 25.2. The molecule has 44 heavy (non-hydrogen) atoms. The Bertz CT molecular complexity index is 1640. The molecule has 0 radical (unpaired) electrons. The number of halogens is 4. The molecule has 234 valence electrons. The number of rotatable bonds is 10. The maximum Gasteiger partial charge on any atom is 0.435 e. The van der Waals surface area contributed by atoms with Gasteiger partial charge in [0.15, 0.2) is 5.69 Å². The van der Waals surface area contributed by atoms with Gasteiger partial charge in [-0.2, -0.15) is 27.3 Å². The van der Waals surface area contributed by atoms with E-state index in [1.807, 2.05) is 30.3 Å². The lowest BCUT2D eigenvalue weighted by molar-refractivity contribution is -0.387. The largest absolute Gasteiger partial charge is 0.492 e. The Kier molecular flexibility index (Phi) is 9.54. The molecule has 0 unspecified atom stereocenters. The molecule has 0 fully saturated rings. The topological polar surface area (TPSA) is 120 Å². The first kappa shape index (κ1) is 32.4. The van der Waals surface area contributed by atoms with Gasteiger partial charge in [-0.15, -0.1) is 0 Å². The van der Waals surface area contributed by atoms with Gasteiger partial charge in [0.25, 0.3) is 0 Å². The summed E-state index contributed by atoms with van der Waals surface area (Å²) < 4.78 is 66.5. The third-order valence-corrected chi connectivity index (χ3v) is 6.40. The number of carbonyl (C=O) groups is 1. The number of nitrogens with zero attached hydrogens (tertiary/aromatic N) is 4. The smallest absolute Gasteiger partial charge is 0.435 e. The van der Waals surface area contributed by atoms with Gasteiger partial charge in [0, 0.05) is 37.2 Å². The zero-order chi connectivity index (χ0) is 32.2. The number of carbonyl (C=O) groups excluding carboxylic acids is 1. The summed E-state index contributed by atoms with van der Waals surface area (Å²) in [6, 6.07) is 16.2. The molecule has 1 atom stereocenters. The van der Waals surface area contributed by atoms with Crippen molar-refractivity contribution in [2.45, 2.75) is 45.2 Å². The first-order chi connectivity index (χ1) is 20.6. The van der Waals surface area contributed by atoms with E-state index in [4.69, 9.17) is 9.47 Å². The van der Waals surface area contributed by atoms with Gasteiger partial charge in [-0.3, -0.25) is 15.0 Å². The molecular formula is C30H30F4N4O6. The lowest BCUT2D eigenvalue weighted by atomic mass is 10.1. The van der Waals surface area contributed by atoms with Crippen LogP contribution in [0.4, 0.5) is 28.0 Å². The van der Waals surface area contributed by atoms with Gasteiger partial charge in [-0.1, -0.05) is 36.4 Å². The standard InChI is InChI=1S/C30H30F4N4O6/c1-29(2,3)44-28(40)37-24-16-21(10-11-22(24)27(35-37)30(32,33)34)43-14-13-36(17-19-7-5-4-6-8-19)18-26(39)20-9-12-23(31)25(15-20)38(41)42/h4-12,15-16,26,39H,13-14,17-18H2,1-3H3/t26-/m0/s1. The van der Waals surface area contributed by atoms with Gasteiger partial charge in [-0.25, -0.2) is 4.79 Å². The van der Waals surface area contributed by atoms with Crippen LogP contribution in [0.5, 0.6) is 5.75 Å². The van der Waals surface area contributed by atoms with Gasteiger partial charge in [0.2, 0.25) is 5.82 Å². The summed E-state index contributed by atoms with van der Waals surface area (Å²) >= 11 is 0. The monoisotopic (exact) mass is 618 g/mol. The molecule has 14 heteroatoms. The van der Waals surface area contributed by atoms with Crippen molar-refractivity contribution in [3.8, 4) is 5.75 Å². The molecule has 0 spiro atoms. The third-order valence-electron chi connectivity index (χ3n) is 6.40. The van der Waals surface area contributed by atoms with Crippen molar-refractivity contribution in [2.75, 3.05) is 19.7 Å². The third kappa shape index (κ3) is 8.08. The van der Waals surface area contributed by atoms with Crippen molar-refractivity contribution in [3.63, 3.8) is 0 Å². The second-order valence-corrected chi connectivity index (χ2v) is 11.0. The summed E-state index contributed by atoms with van der Waals surface area (Å²) in [5.74, 6) is -0.863. The van der Waals surface area contributed by atoms with Gasteiger partial charge < -0.3 is 14.6 Å². The van der Waals surface area contributed by atoms with Crippen LogP contribution < -0.4 is 4.74 Å². The van der Waals surface area contributed by atoms with Gasteiger partial charge >= 0.3 is 18.0 Å². The number of aliphatic hydroxyl groups excluding tert-OH is 1. The number of ether oxygens (including phenoxy) is 2. The molecular weight excluding hydrogens is 588 g/mol. The number of benzene rings is 3. The quantitative estimate of drug-likeness (QED) is 0.122. The first-order valence-corrected chi connectivity index (χ1v) is 13.5. The molecule has 0 aliphatic carbocycles. The van der Waals surface area contributed by atoms with E-state index in [0.717, 1.165) is 23.8 Å². The highest BCUT2D eigenvalue weighted by molar-refractivity contribution is 5.91. The van der Waals surface area contributed by atoms with Gasteiger partial charge in [0.1, 0.15) is 18.0 Å². The van der Waals surface area contributed by atoms with Crippen LogP contribution in [0.25, 0.3) is 10.9 Å². The fourth-order valence-corrected chi connectivity index (χ4v) is 4.43. The second-order valence-electron chi connectivity index (χ2n) is 11.0. The van der Waals surface area contributed by atoms with Crippen LogP contribution in [0.3, 0.4) is 0 Å². The van der Waals surface area contributed by atoms with Crippen LogP contribution in [-0.2, 0) is 17.5 Å². The molecule has 0 bridgehead atoms. The lowest BCUT2D eigenvalue weighted by Crippen LogP contribution is -2.32. The van der Waals surface area contributed by atoms with Crippen molar-refractivity contribution >= 4 is 22.7 Å². The van der Waals surface area contributed by atoms with E-state index < -0.39 is 46.1 Å². The van der Waals surface area contributed by atoms with Gasteiger partial charge in [0.05, 0.1) is 16.5 Å². The zero-order valence-corrected chi connectivity index (χ0v) is 24.0. The summed E-state index contributed by atoms with van der Waals surface area (Å²) in [6.07, 6.45) is -7.12. The van der Waals surface area contributed by atoms with Crippen molar-refractivity contribution in [2.24, 2.45) is 0 Å². The lowest BCUT2D eigenvalue weighted by Gasteiger charge is -2.25. The minimum atomic E-state index is -4.82. The summed E-state index contributed by atoms with van der Waals surface area (Å²) in [5.41, 5.74) is -2.08. The zero-order valence-electron chi connectivity index (χ0n) is 24.0. The van der Waals surface area contributed by atoms with Crippen LogP contribution in [0.15, 0.2) is 66.7 Å². The second kappa shape index (κ2) is 13.0. The van der Waals surface area contributed by atoms with E-state index in [9.17, 15) is 37.6 Å². The summed E-state index contributed by atoms with van der Waals surface area (Å²) in [4.78, 5) is 24.8. The Balaban J connectivity index is 1.54. The van der Waals surface area contributed by atoms with E-state index in [1.165, 1.54) is 18.2 Å². The van der Waals surface area contributed by atoms with E-state index in [2.05, 4.69) is 5.10 Å². The Morgan fingerprint density at radius 3 is 2.43 bits per heavy atom. The number of alkyl halides is 3. The minimum absolute atomic E-state index is 0.000430. The Hall–Kier alpha value is -4.56.